The number of nitrogens with zero attached hydrogens (tertiary/aromatic N) is 2. The fourth-order valence-corrected chi connectivity index (χ4v) is 3.82. The first-order chi connectivity index (χ1) is 14.7. The molecule has 0 aliphatic carbocycles. The number of benzene rings is 3. The molecule has 2 unspecified atom stereocenters. The zero-order valence-corrected chi connectivity index (χ0v) is 16.7. The first kappa shape index (κ1) is 19.5. The summed E-state index contributed by atoms with van der Waals surface area (Å²) in [6.07, 6.45) is 4.78. The second kappa shape index (κ2) is 8.67. The Morgan fingerprint density at radius 3 is 2.50 bits per heavy atom. The summed E-state index contributed by atoms with van der Waals surface area (Å²) in [5.74, 6) is 0.694. The van der Waals surface area contributed by atoms with Gasteiger partial charge in [0.05, 0.1) is 25.6 Å². The number of hydrogen-bond donors (Lipinski definition) is 0. The maximum atomic E-state index is 13.1. The number of β-lactam (4-membered cyclic amide) rings is 1. The highest BCUT2D eigenvalue weighted by Gasteiger charge is 2.46. The Morgan fingerprint density at radius 2 is 1.80 bits per heavy atom. The largest absolute Gasteiger partial charge is 0.497 e. The third-order valence-corrected chi connectivity index (χ3v) is 5.40. The van der Waals surface area contributed by atoms with E-state index >= 15 is 0 Å². The predicted octanol–water partition coefficient (Wildman–Crippen LogP) is 5.53. The van der Waals surface area contributed by atoms with E-state index in [1.807, 2.05) is 77.7 Å². The molecule has 0 bridgehead atoms. The zero-order chi connectivity index (χ0) is 20.9. The van der Waals surface area contributed by atoms with Gasteiger partial charge >= 0.3 is 0 Å². The monoisotopic (exact) mass is 394 g/mol. The Labute approximate surface area is 176 Å². The minimum atomic E-state index is -0.159. The van der Waals surface area contributed by atoms with Crippen molar-refractivity contribution in [2.24, 2.45) is 5.92 Å². The van der Waals surface area contributed by atoms with E-state index < -0.39 is 0 Å². The predicted molar refractivity (Wildman–Crippen MR) is 120 cm³/mol. The Bertz CT molecular complexity index is 1100. The molecule has 3 aromatic carbocycles. The van der Waals surface area contributed by atoms with Crippen molar-refractivity contribution in [3.05, 3.63) is 107 Å². The average Bonchev–Trinajstić information content (AvgIpc) is 2.81. The molecule has 1 aliphatic heterocycles. The fourth-order valence-electron chi connectivity index (χ4n) is 3.82. The number of hydrogen-bond acceptors (Lipinski definition) is 2. The molecule has 1 heterocycles. The molecule has 0 radical (unpaired) electrons. The molecule has 2 atom stereocenters. The van der Waals surface area contributed by atoms with Crippen molar-refractivity contribution in [3.8, 4) is 5.75 Å². The molecule has 1 aliphatic rings. The topological polar surface area (TPSA) is 33.9 Å². The van der Waals surface area contributed by atoms with Gasteiger partial charge in [0, 0.05) is 5.69 Å². The first-order valence-electron chi connectivity index (χ1n) is 9.86. The number of ether oxygens (including phenoxy) is 1. The van der Waals surface area contributed by atoms with Crippen LogP contribution in [0.15, 0.2) is 84.9 Å². The van der Waals surface area contributed by atoms with Crippen molar-refractivity contribution in [2.75, 3.05) is 12.0 Å². The van der Waals surface area contributed by atoms with Gasteiger partial charge < -0.3 is 9.64 Å². The van der Waals surface area contributed by atoms with E-state index in [4.69, 9.17) is 11.3 Å². The van der Waals surface area contributed by atoms with Crippen molar-refractivity contribution < 1.29 is 9.53 Å². The summed E-state index contributed by atoms with van der Waals surface area (Å²) >= 11 is 0. The summed E-state index contributed by atoms with van der Waals surface area (Å²) < 4.78 is 5.24. The summed E-state index contributed by atoms with van der Waals surface area (Å²) in [6.45, 7) is 7.23. The minimum Gasteiger partial charge on any atom is -0.497 e. The highest BCUT2D eigenvalue weighted by atomic mass is 16.5. The van der Waals surface area contributed by atoms with Crippen LogP contribution in [0.4, 0.5) is 11.4 Å². The summed E-state index contributed by atoms with van der Waals surface area (Å²) in [5.41, 5.74) is 3.56. The summed E-state index contributed by atoms with van der Waals surface area (Å²) in [7, 11) is 1.63. The van der Waals surface area contributed by atoms with Gasteiger partial charge in [-0.2, -0.15) is 0 Å². The van der Waals surface area contributed by atoms with Crippen molar-refractivity contribution in [1.82, 2.24) is 0 Å². The molecule has 4 rings (SSSR count). The number of amides is 1. The van der Waals surface area contributed by atoms with Gasteiger partial charge in [0.1, 0.15) is 5.75 Å². The molecular weight excluding hydrogens is 372 g/mol. The Balaban J connectivity index is 1.62. The summed E-state index contributed by atoms with van der Waals surface area (Å²) in [6, 6.07) is 25.1. The van der Waals surface area contributed by atoms with Gasteiger partial charge in [0.15, 0.2) is 5.69 Å². The fraction of sp³-hybridized carbons (Fsp3) is 0.154. The SMILES string of the molecule is [C-]#[N+]c1cccc(CC2C(=O)N(c3ccc(OC)cc3)C2C=Cc2ccccc2)c1. The minimum absolute atomic E-state index is 0.0531. The van der Waals surface area contributed by atoms with Gasteiger partial charge in [-0.3, -0.25) is 4.79 Å². The molecule has 1 fully saturated rings. The quantitative estimate of drug-likeness (QED) is 0.407. The molecule has 3 aromatic rings. The molecule has 1 amide bonds. The van der Waals surface area contributed by atoms with Gasteiger partial charge in [0.25, 0.3) is 0 Å². The third-order valence-electron chi connectivity index (χ3n) is 5.40. The maximum absolute atomic E-state index is 13.1. The summed E-state index contributed by atoms with van der Waals surface area (Å²) in [4.78, 5) is 18.4. The zero-order valence-electron chi connectivity index (χ0n) is 16.7. The highest BCUT2D eigenvalue weighted by Crippen LogP contribution is 2.37. The lowest BCUT2D eigenvalue weighted by Crippen LogP contribution is -2.61. The van der Waals surface area contributed by atoms with Crippen molar-refractivity contribution in [1.29, 1.82) is 0 Å². The van der Waals surface area contributed by atoms with Crippen LogP contribution in [0.1, 0.15) is 11.1 Å². The van der Waals surface area contributed by atoms with Gasteiger partial charge in [-0.1, -0.05) is 72.3 Å². The molecule has 30 heavy (non-hydrogen) atoms. The van der Waals surface area contributed by atoms with E-state index in [1.165, 1.54) is 0 Å². The number of rotatable bonds is 6. The van der Waals surface area contributed by atoms with Gasteiger partial charge in [-0.25, -0.2) is 4.85 Å². The summed E-state index contributed by atoms with van der Waals surface area (Å²) in [5, 5.41) is 0. The van der Waals surface area contributed by atoms with E-state index in [1.54, 1.807) is 13.2 Å². The van der Waals surface area contributed by atoms with Crippen molar-refractivity contribution in [2.45, 2.75) is 12.5 Å². The van der Waals surface area contributed by atoms with Crippen molar-refractivity contribution >= 4 is 23.4 Å². The normalized spacial score (nSPS) is 18.1. The molecular formula is C26H22N2O2. The molecule has 0 saturated carbocycles. The number of carbonyl (C=O) groups excluding carboxylic acids is 1. The van der Waals surface area contributed by atoms with Crippen LogP contribution < -0.4 is 9.64 Å². The third kappa shape index (κ3) is 3.97. The first-order valence-corrected chi connectivity index (χ1v) is 9.86. The van der Waals surface area contributed by atoms with Crippen LogP contribution in [0.3, 0.4) is 0 Å². The van der Waals surface area contributed by atoms with Crippen LogP contribution in [-0.2, 0) is 11.2 Å². The molecule has 0 N–H and O–H groups in total. The van der Waals surface area contributed by atoms with Gasteiger partial charge in [0.2, 0.25) is 5.91 Å². The number of carbonyl (C=O) groups is 1. The van der Waals surface area contributed by atoms with Crippen LogP contribution in [0.5, 0.6) is 5.75 Å². The van der Waals surface area contributed by atoms with E-state index in [-0.39, 0.29) is 17.9 Å². The average molecular weight is 394 g/mol. The van der Waals surface area contributed by atoms with Crippen LogP contribution in [0.25, 0.3) is 10.9 Å². The van der Waals surface area contributed by atoms with Crippen LogP contribution in [-0.4, -0.2) is 19.1 Å². The molecule has 4 nitrogen and oxygen atoms in total. The second-order valence-electron chi connectivity index (χ2n) is 7.26. The van der Waals surface area contributed by atoms with E-state index in [2.05, 4.69) is 17.0 Å². The molecule has 148 valence electrons. The Kier molecular flexibility index (Phi) is 5.63. The molecule has 1 saturated heterocycles. The van der Waals surface area contributed by atoms with E-state index in [0.29, 0.717) is 12.1 Å². The van der Waals surface area contributed by atoms with Gasteiger partial charge in [-0.15, -0.1) is 0 Å². The lowest BCUT2D eigenvalue weighted by molar-refractivity contribution is -0.128. The van der Waals surface area contributed by atoms with Crippen LogP contribution in [0, 0.1) is 12.5 Å². The van der Waals surface area contributed by atoms with Gasteiger partial charge in [-0.05, 0) is 36.2 Å². The molecule has 0 aromatic heterocycles. The van der Waals surface area contributed by atoms with E-state index in [9.17, 15) is 4.79 Å². The lowest BCUT2D eigenvalue weighted by Gasteiger charge is -2.46. The van der Waals surface area contributed by atoms with Crippen LogP contribution in [0.2, 0.25) is 0 Å². The number of methoxy groups -OCH3 is 1. The Hall–Kier alpha value is -3.84. The Morgan fingerprint density at radius 1 is 1.03 bits per heavy atom. The van der Waals surface area contributed by atoms with Crippen molar-refractivity contribution in [3.63, 3.8) is 0 Å². The van der Waals surface area contributed by atoms with E-state index in [0.717, 1.165) is 22.6 Å². The molecule has 4 heteroatoms. The van der Waals surface area contributed by atoms with Crippen LogP contribution >= 0.6 is 0 Å². The maximum Gasteiger partial charge on any atom is 0.233 e. The standard InChI is InChI=1S/C26H22N2O2/c1-27-21-10-6-9-20(17-21)18-24-25(16-11-19-7-4-3-5-8-19)28(26(24)29)22-12-14-23(30-2)15-13-22/h3-17,24-25H,18H2,2H3. The lowest BCUT2D eigenvalue weighted by atomic mass is 9.81. The smallest absolute Gasteiger partial charge is 0.233 e. The highest BCUT2D eigenvalue weighted by molar-refractivity contribution is 6.04. The second-order valence-corrected chi connectivity index (χ2v) is 7.26. The number of anilines is 1. The molecule has 0 spiro atoms.